The molecule has 0 radical (unpaired) electrons. The van der Waals surface area contributed by atoms with Crippen LogP contribution < -0.4 is 5.73 Å². The molecule has 0 unspecified atom stereocenters. The van der Waals surface area contributed by atoms with Gasteiger partial charge in [-0.05, 0) is 6.08 Å². The Morgan fingerprint density at radius 1 is 1.57 bits per heavy atom. The molecule has 1 aliphatic heterocycles. The predicted molar refractivity (Wildman–Crippen MR) is 49.4 cm³/mol. The number of nitrogens with two attached hydrogens (primary N) is 1. The molecule has 3 N–H and O–H groups in total. The van der Waals surface area contributed by atoms with Crippen LogP contribution in [0.15, 0.2) is 35.9 Å². The summed E-state index contributed by atoms with van der Waals surface area (Å²) in [5.74, 6) is -1.35. The third-order valence-electron chi connectivity index (χ3n) is 1.67. The van der Waals surface area contributed by atoms with E-state index in [9.17, 15) is 9.90 Å². The van der Waals surface area contributed by atoms with E-state index in [1.807, 2.05) is 0 Å². The summed E-state index contributed by atoms with van der Waals surface area (Å²) in [7, 11) is 0. The molecule has 0 aromatic carbocycles. The van der Waals surface area contributed by atoms with Gasteiger partial charge in [0.05, 0.1) is 0 Å². The van der Waals surface area contributed by atoms with E-state index in [-0.39, 0.29) is 0 Å². The van der Waals surface area contributed by atoms with Crippen molar-refractivity contribution < 1.29 is 9.90 Å². The maximum absolute atomic E-state index is 10.7. The predicted octanol–water partition coefficient (Wildman–Crippen LogP) is 0.150. The van der Waals surface area contributed by atoms with Crippen LogP contribution in [-0.2, 0) is 4.79 Å². The summed E-state index contributed by atoms with van der Waals surface area (Å²) in [6, 6.07) is 1.55. The minimum Gasteiger partial charge on any atom is -0.493 e. The lowest BCUT2D eigenvalue weighted by Crippen LogP contribution is -2.24. The molecular formula is C9H9N3O2. The standard InChI is InChI=1S/C9H9N3O2/c10-6-7(8(11)13)9(14)12-4-2-1-3-5-12/h1-4,14H,5H2,(H2,11,13)/b9-7+. The molecule has 1 heterocycles. The average Bonchev–Trinajstić information content (AvgIpc) is 2.19. The van der Waals surface area contributed by atoms with Crippen molar-refractivity contribution >= 4 is 5.91 Å². The molecule has 72 valence electrons. The van der Waals surface area contributed by atoms with Crippen LogP contribution in [0.2, 0.25) is 0 Å². The quantitative estimate of drug-likeness (QED) is 0.369. The summed E-state index contributed by atoms with van der Waals surface area (Å²) in [4.78, 5) is 12.1. The zero-order valence-electron chi connectivity index (χ0n) is 7.34. The van der Waals surface area contributed by atoms with Crippen LogP contribution in [0.3, 0.4) is 0 Å². The van der Waals surface area contributed by atoms with Crippen molar-refractivity contribution in [1.82, 2.24) is 4.90 Å². The van der Waals surface area contributed by atoms with E-state index >= 15 is 0 Å². The topological polar surface area (TPSA) is 90.3 Å². The zero-order valence-corrected chi connectivity index (χ0v) is 7.34. The van der Waals surface area contributed by atoms with Gasteiger partial charge in [0.1, 0.15) is 6.07 Å². The Balaban J connectivity index is 2.97. The van der Waals surface area contributed by atoms with E-state index in [1.54, 1.807) is 30.5 Å². The van der Waals surface area contributed by atoms with Crippen LogP contribution in [0, 0.1) is 11.3 Å². The van der Waals surface area contributed by atoms with Gasteiger partial charge in [-0.2, -0.15) is 5.26 Å². The third-order valence-corrected chi connectivity index (χ3v) is 1.67. The number of allylic oxidation sites excluding steroid dienone is 2. The van der Waals surface area contributed by atoms with Gasteiger partial charge in [0.15, 0.2) is 5.57 Å². The van der Waals surface area contributed by atoms with Crippen LogP contribution >= 0.6 is 0 Å². The maximum atomic E-state index is 10.7. The molecule has 0 spiro atoms. The van der Waals surface area contributed by atoms with E-state index in [1.165, 1.54) is 4.90 Å². The molecular weight excluding hydrogens is 182 g/mol. The van der Waals surface area contributed by atoms with E-state index in [0.717, 1.165) is 0 Å². The second-order valence-electron chi connectivity index (χ2n) is 2.60. The highest BCUT2D eigenvalue weighted by Gasteiger charge is 2.16. The molecule has 0 aliphatic carbocycles. The van der Waals surface area contributed by atoms with Crippen molar-refractivity contribution in [3.63, 3.8) is 0 Å². The lowest BCUT2D eigenvalue weighted by Gasteiger charge is -2.19. The third kappa shape index (κ3) is 1.93. The molecule has 0 bridgehead atoms. The van der Waals surface area contributed by atoms with Crippen molar-refractivity contribution in [2.75, 3.05) is 6.54 Å². The second kappa shape index (κ2) is 4.14. The molecule has 5 nitrogen and oxygen atoms in total. The summed E-state index contributed by atoms with van der Waals surface area (Å²) in [5.41, 5.74) is 4.47. The number of amides is 1. The van der Waals surface area contributed by atoms with Crippen LogP contribution in [0.1, 0.15) is 0 Å². The molecule has 0 saturated heterocycles. The smallest absolute Gasteiger partial charge is 0.264 e. The number of hydrogen-bond acceptors (Lipinski definition) is 4. The Morgan fingerprint density at radius 3 is 2.71 bits per heavy atom. The Hall–Kier alpha value is -2.22. The fraction of sp³-hybridized carbons (Fsp3) is 0.111. The molecule has 14 heavy (non-hydrogen) atoms. The SMILES string of the molecule is N#C/C(C(N)=O)=C(\O)N1C=CC=CC1. The van der Waals surface area contributed by atoms with E-state index < -0.39 is 17.4 Å². The van der Waals surface area contributed by atoms with Crippen LogP contribution in [0.5, 0.6) is 0 Å². The summed E-state index contributed by atoms with van der Waals surface area (Å²) < 4.78 is 0. The Labute approximate surface area is 81.0 Å². The van der Waals surface area contributed by atoms with Crippen LogP contribution in [0.4, 0.5) is 0 Å². The molecule has 0 aromatic rings. The monoisotopic (exact) mass is 191 g/mol. The highest BCUT2D eigenvalue weighted by molar-refractivity contribution is 5.96. The Bertz CT molecular complexity index is 374. The van der Waals surface area contributed by atoms with Crippen molar-refractivity contribution in [2.24, 2.45) is 5.73 Å². The fourth-order valence-corrected chi connectivity index (χ4v) is 0.983. The lowest BCUT2D eigenvalue weighted by molar-refractivity contribution is -0.114. The molecule has 1 rings (SSSR count). The number of carbonyl (C=O) groups excluding carboxylic acids is 1. The van der Waals surface area contributed by atoms with Crippen LogP contribution in [0.25, 0.3) is 0 Å². The van der Waals surface area contributed by atoms with E-state index in [4.69, 9.17) is 11.0 Å². The molecule has 0 aromatic heterocycles. The van der Waals surface area contributed by atoms with E-state index in [2.05, 4.69) is 0 Å². The average molecular weight is 191 g/mol. The minimum atomic E-state index is -0.937. The normalized spacial score (nSPS) is 16.1. The van der Waals surface area contributed by atoms with Gasteiger partial charge in [0.2, 0.25) is 5.88 Å². The van der Waals surface area contributed by atoms with Crippen molar-refractivity contribution in [3.8, 4) is 6.07 Å². The first kappa shape index (κ1) is 9.86. The number of aliphatic hydroxyl groups excluding tert-OH is 1. The van der Waals surface area contributed by atoms with Crippen molar-refractivity contribution in [2.45, 2.75) is 0 Å². The summed E-state index contributed by atoms with van der Waals surface area (Å²) in [6.45, 7) is 0.404. The van der Waals surface area contributed by atoms with Crippen LogP contribution in [-0.4, -0.2) is 22.5 Å². The largest absolute Gasteiger partial charge is 0.493 e. The number of rotatable bonds is 2. The van der Waals surface area contributed by atoms with Gasteiger partial charge in [-0.3, -0.25) is 4.79 Å². The first-order valence-corrected chi connectivity index (χ1v) is 3.90. The summed E-state index contributed by atoms with van der Waals surface area (Å²) in [6.07, 6.45) is 6.79. The summed E-state index contributed by atoms with van der Waals surface area (Å²) in [5, 5.41) is 18.1. The number of hydrogen-bond donors (Lipinski definition) is 2. The number of nitriles is 1. The molecule has 0 fully saturated rings. The van der Waals surface area contributed by atoms with Gasteiger partial charge in [0.25, 0.3) is 5.91 Å². The van der Waals surface area contributed by atoms with Crippen molar-refractivity contribution in [3.05, 3.63) is 35.9 Å². The van der Waals surface area contributed by atoms with Gasteiger partial charge in [-0.1, -0.05) is 12.2 Å². The highest BCUT2D eigenvalue weighted by Crippen LogP contribution is 2.10. The zero-order chi connectivity index (χ0) is 10.6. The van der Waals surface area contributed by atoms with Gasteiger partial charge in [-0.25, -0.2) is 0 Å². The summed E-state index contributed by atoms with van der Waals surface area (Å²) >= 11 is 0. The number of nitrogens with zero attached hydrogens (tertiary/aromatic N) is 2. The van der Waals surface area contributed by atoms with Gasteiger partial charge in [-0.15, -0.1) is 0 Å². The van der Waals surface area contributed by atoms with Gasteiger partial charge in [0, 0.05) is 12.7 Å². The lowest BCUT2D eigenvalue weighted by atomic mass is 10.2. The Kier molecular flexibility index (Phi) is 2.92. The van der Waals surface area contributed by atoms with Gasteiger partial charge < -0.3 is 15.7 Å². The van der Waals surface area contributed by atoms with Gasteiger partial charge >= 0.3 is 0 Å². The minimum absolute atomic E-state index is 0.404. The molecule has 1 amide bonds. The number of aliphatic hydroxyl groups is 1. The highest BCUT2D eigenvalue weighted by atomic mass is 16.3. The number of primary amides is 1. The molecule has 1 aliphatic rings. The fourth-order valence-electron chi connectivity index (χ4n) is 0.983. The molecule has 0 saturated carbocycles. The van der Waals surface area contributed by atoms with E-state index in [0.29, 0.717) is 6.54 Å². The maximum Gasteiger partial charge on any atom is 0.264 e. The molecule has 5 heteroatoms. The number of carbonyl (C=O) groups is 1. The van der Waals surface area contributed by atoms with Crippen molar-refractivity contribution in [1.29, 1.82) is 5.26 Å². The first-order chi connectivity index (χ1) is 6.66. The second-order valence-corrected chi connectivity index (χ2v) is 2.60. The molecule has 0 atom stereocenters. The Morgan fingerprint density at radius 2 is 2.29 bits per heavy atom. The first-order valence-electron chi connectivity index (χ1n) is 3.90.